The monoisotopic (exact) mass is 494 g/mol. The van der Waals surface area contributed by atoms with Crippen molar-refractivity contribution >= 4 is 37.5 Å². The number of sulfonamides is 1. The average molecular weight is 495 g/mol. The van der Waals surface area contributed by atoms with Gasteiger partial charge in [-0.2, -0.15) is 0 Å². The normalized spacial score (nSPS) is 17.5. The van der Waals surface area contributed by atoms with Crippen LogP contribution in [-0.4, -0.2) is 44.9 Å². The van der Waals surface area contributed by atoms with Gasteiger partial charge in [0.05, 0.1) is 11.4 Å². The van der Waals surface area contributed by atoms with Crippen LogP contribution in [0.15, 0.2) is 46.9 Å². The average Bonchev–Trinajstić information content (AvgIpc) is 2.75. The van der Waals surface area contributed by atoms with Gasteiger partial charge in [0, 0.05) is 35.6 Å². The molecule has 2 aromatic rings. The number of piperidine rings is 1. The molecule has 160 valence electrons. The van der Waals surface area contributed by atoms with Crippen molar-refractivity contribution in [1.29, 1.82) is 0 Å². The molecule has 30 heavy (non-hydrogen) atoms. The maximum absolute atomic E-state index is 12.8. The van der Waals surface area contributed by atoms with Gasteiger partial charge in [-0.25, -0.2) is 12.7 Å². The van der Waals surface area contributed by atoms with Gasteiger partial charge in [0.25, 0.3) is 0 Å². The number of benzene rings is 2. The molecule has 4 rings (SSSR count). The first-order chi connectivity index (χ1) is 14.4. The van der Waals surface area contributed by atoms with E-state index >= 15 is 0 Å². The first kappa shape index (κ1) is 21.1. The van der Waals surface area contributed by atoms with Crippen molar-refractivity contribution in [1.82, 2.24) is 4.31 Å². The van der Waals surface area contributed by atoms with Gasteiger partial charge in [-0.3, -0.25) is 4.79 Å². The summed E-state index contributed by atoms with van der Waals surface area (Å²) in [5.74, 6) is 0.861. The highest BCUT2D eigenvalue weighted by atomic mass is 79.9. The lowest BCUT2D eigenvalue weighted by Gasteiger charge is -2.30. The Labute approximate surface area is 184 Å². The van der Waals surface area contributed by atoms with Crippen LogP contribution in [0, 0.1) is 5.92 Å². The Balaban J connectivity index is 1.35. The van der Waals surface area contributed by atoms with Crippen molar-refractivity contribution in [3.63, 3.8) is 0 Å². The summed E-state index contributed by atoms with van der Waals surface area (Å²) < 4.78 is 38.7. The molecule has 2 aliphatic rings. The summed E-state index contributed by atoms with van der Waals surface area (Å²) in [4.78, 5) is 12.8. The molecule has 0 atom stereocenters. The Morgan fingerprint density at radius 3 is 2.37 bits per heavy atom. The van der Waals surface area contributed by atoms with E-state index in [2.05, 4.69) is 21.2 Å². The number of hydrogen-bond donors (Lipinski definition) is 1. The van der Waals surface area contributed by atoms with Crippen molar-refractivity contribution in [2.45, 2.75) is 18.6 Å². The Bertz CT molecular complexity index is 1020. The lowest BCUT2D eigenvalue weighted by atomic mass is 9.97. The molecule has 0 radical (unpaired) electrons. The second-order valence-corrected chi connectivity index (χ2v) is 10.2. The number of amides is 1. The number of fused-ring (bicyclic) bond motifs is 1. The number of carbonyl (C=O) groups excluding carboxylic acids is 1. The smallest absolute Gasteiger partial charge is 0.227 e. The van der Waals surface area contributed by atoms with E-state index in [0.29, 0.717) is 60.8 Å². The second-order valence-electron chi connectivity index (χ2n) is 7.38. The standard InChI is InChI=1S/C21H23BrN2O5S/c22-17-12-19-20(29-11-10-28-19)13-18(17)23-21(25)16-6-8-24(9-7-16)30(26,27)14-15-4-2-1-3-5-15/h1-5,12-13,16H,6-11,14H2,(H,23,25). The van der Waals surface area contributed by atoms with Crippen molar-refractivity contribution in [2.75, 3.05) is 31.6 Å². The van der Waals surface area contributed by atoms with Crippen LogP contribution in [-0.2, 0) is 20.6 Å². The molecule has 0 unspecified atom stereocenters. The van der Waals surface area contributed by atoms with Gasteiger partial charge in [0.1, 0.15) is 13.2 Å². The number of rotatable bonds is 5. The fraction of sp³-hybridized carbons (Fsp3) is 0.381. The minimum Gasteiger partial charge on any atom is -0.486 e. The number of carbonyl (C=O) groups is 1. The number of nitrogens with zero attached hydrogens (tertiary/aromatic N) is 1. The summed E-state index contributed by atoms with van der Waals surface area (Å²) >= 11 is 3.46. The van der Waals surface area contributed by atoms with E-state index in [1.807, 2.05) is 30.3 Å². The minimum absolute atomic E-state index is 0.0190. The third kappa shape index (κ3) is 4.79. The predicted octanol–water partition coefficient (Wildman–Crippen LogP) is 3.40. The van der Waals surface area contributed by atoms with Crippen molar-refractivity contribution in [2.24, 2.45) is 5.92 Å². The molecule has 2 aromatic carbocycles. The molecule has 0 bridgehead atoms. The number of hydrogen-bond acceptors (Lipinski definition) is 5. The van der Waals surface area contributed by atoms with E-state index in [0.717, 1.165) is 5.56 Å². The van der Waals surface area contributed by atoms with Gasteiger partial charge >= 0.3 is 0 Å². The van der Waals surface area contributed by atoms with E-state index in [9.17, 15) is 13.2 Å². The van der Waals surface area contributed by atoms with Crippen LogP contribution >= 0.6 is 15.9 Å². The van der Waals surface area contributed by atoms with E-state index in [1.165, 1.54) is 4.31 Å². The Morgan fingerprint density at radius 1 is 1.07 bits per heavy atom. The van der Waals surface area contributed by atoms with Gasteiger partial charge < -0.3 is 14.8 Å². The van der Waals surface area contributed by atoms with Crippen LogP contribution in [0.2, 0.25) is 0 Å². The van der Waals surface area contributed by atoms with Crippen molar-refractivity contribution < 1.29 is 22.7 Å². The maximum Gasteiger partial charge on any atom is 0.227 e. The number of halogens is 1. The van der Waals surface area contributed by atoms with E-state index in [4.69, 9.17) is 9.47 Å². The molecule has 1 saturated heterocycles. The summed E-state index contributed by atoms with van der Waals surface area (Å²) in [5, 5.41) is 2.93. The number of anilines is 1. The fourth-order valence-electron chi connectivity index (χ4n) is 3.67. The van der Waals surface area contributed by atoms with Crippen LogP contribution < -0.4 is 14.8 Å². The second kappa shape index (κ2) is 8.95. The summed E-state index contributed by atoms with van der Waals surface area (Å²) in [6.45, 7) is 1.65. The van der Waals surface area contributed by atoms with Crippen LogP contribution in [0.4, 0.5) is 5.69 Å². The lowest BCUT2D eigenvalue weighted by Crippen LogP contribution is -2.41. The SMILES string of the molecule is O=C(Nc1cc2c(cc1Br)OCCO2)C1CCN(S(=O)(=O)Cc2ccccc2)CC1. The third-order valence-electron chi connectivity index (χ3n) is 5.30. The molecular formula is C21H23BrN2O5S. The molecule has 7 nitrogen and oxygen atoms in total. The van der Waals surface area contributed by atoms with E-state index < -0.39 is 10.0 Å². The maximum atomic E-state index is 12.8. The lowest BCUT2D eigenvalue weighted by molar-refractivity contribution is -0.120. The Kier molecular flexibility index (Phi) is 6.31. The molecule has 0 aliphatic carbocycles. The van der Waals surface area contributed by atoms with Crippen molar-refractivity contribution in [3.8, 4) is 11.5 Å². The molecule has 1 fully saturated rings. The van der Waals surface area contributed by atoms with Gasteiger partial charge in [0.2, 0.25) is 15.9 Å². The fourth-order valence-corrected chi connectivity index (χ4v) is 5.65. The molecule has 0 aromatic heterocycles. The largest absolute Gasteiger partial charge is 0.486 e. The summed E-state index contributed by atoms with van der Waals surface area (Å²) in [5.41, 5.74) is 1.38. The highest BCUT2D eigenvalue weighted by Crippen LogP contribution is 2.38. The highest BCUT2D eigenvalue weighted by Gasteiger charge is 2.31. The van der Waals surface area contributed by atoms with Gasteiger partial charge in [-0.1, -0.05) is 30.3 Å². The number of nitrogens with one attached hydrogen (secondary N) is 1. The van der Waals surface area contributed by atoms with Gasteiger partial charge in [-0.15, -0.1) is 0 Å². The molecular weight excluding hydrogens is 472 g/mol. The van der Waals surface area contributed by atoms with E-state index in [1.54, 1.807) is 12.1 Å². The summed E-state index contributed by atoms with van der Waals surface area (Å²) in [6.07, 6.45) is 0.976. The number of ether oxygens (including phenoxy) is 2. The van der Waals surface area contributed by atoms with Crippen LogP contribution in [0.3, 0.4) is 0 Å². The topological polar surface area (TPSA) is 84.9 Å². The quantitative estimate of drug-likeness (QED) is 0.688. The first-order valence-electron chi connectivity index (χ1n) is 9.84. The molecule has 1 amide bonds. The Hall–Kier alpha value is -2.10. The zero-order chi connectivity index (χ0) is 21.1. The first-order valence-corrected chi connectivity index (χ1v) is 12.2. The van der Waals surface area contributed by atoms with Crippen molar-refractivity contribution in [3.05, 3.63) is 52.5 Å². The van der Waals surface area contributed by atoms with Gasteiger partial charge in [-0.05, 0) is 34.3 Å². The third-order valence-corrected chi connectivity index (χ3v) is 7.81. The van der Waals surface area contributed by atoms with Gasteiger partial charge in [0.15, 0.2) is 11.5 Å². The van der Waals surface area contributed by atoms with Crippen LogP contribution in [0.25, 0.3) is 0 Å². The molecule has 9 heteroatoms. The zero-order valence-electron chi connectivity index (χ0n) is 16.3. The van der Waals surface area contributed by atoms with Crippen LogP contribution in [0.1, 0.15) is 18.4 Å². The summed E-state index contributed by atoms with van der Waals surface area (Å²) in [7, 11) is -3.40. The summed E-state index contributed by atoms with van der Waals surface area (Å²) in [6, 6.07) is 12.7. The predicted molar refractivity (Wildman–Crippen MR) is 117 cm³/mol. The minimum atomic E-state index is -3.40. The van der Waals surface area contributed by atoms with E-state index in [-0.39, 0.29) is 17.6 Å². The highest BCUT2D eigenvalue weighted by molar-refractivity contribution is 9.10. The molecule has 2 heterocycles. The molecule has 0 spiro atoms. The molecule has 0 saturated carbocycles. The molecule has 1 N–H and O–H groups in total. The zero-order valence-corrected chi connectivity index (χ0v) is 18.7. The molecule has 2 aliphatic heterocycles. The Morgan fingerprint density at radius 2 is 1.70 bits per heavy atom. The van der Waals surface area contributed by atoms with Crippen LogP contribution in [0.5, 0.6) is 11.5 Å².